The Morgan fingerprint density at radius 1 is 1.14 bits per heavy atom. The number of rotatable bonds is 9. The van der Waals surface area contributed by atoms with Gasteiger partial charge in [-0.15, -0.1) is 11.6 Å². The molecule has 0 bridgehead atoms. The molecule has 0 aliphatic rings. The second-order valence-corrected chi connectivity index (χ2v) is 5.41. The van der Waals surface area contributed by atoms with Crippen molar-refractivity contribution in [3.05, 3.63) is 0 Å². The van der Waals surface area contributed by atoms with Gasteiger partial charge in [0.2, 0.25) is 10.0 Å². The van der Waals surface area contributed by atoms with Crippen molar-refractivity contribution >= 4 is 21.6 Å². The summed E-state index contributed by atoms with van der Waals surface area (Å²) >= 11 is 5.45. The predicted molar refractivity (Wildman–Crippen MR) is 60.0 cm³/mol. The molecule has 0 saturated heterocycles. The molecule has 6 heteroatoms. The second-order valence-electron chi connectivity index (χ2n) is 3.11. The van der Waals surface area contributed by atoms with Crippen LogP contribution in [0.1, 0.15) is 25.7 Å². The second kappa shape index (κ2) is 8.47. The van der Waals surface area contributed by atoms with E-state index in [1.165, 1.54) is 0 Å². The topological polar surface area (TPSA) is 72.2 Å². The summed E-state index contributed by atoms with van der Waals surface area (Å²) in [6.45, 7) is 1.09. The molecule has 0 aromatic rings. The van der Waals surface area contributed by atoms with E-state index < -0.39 is 10.0 Å². The van der Waals surface area contributed by atoms with Gasteiger partial charge in [0.05, 0.1) is 5.75 Å². The summed E-state index contributed by atoms with van der Waals surface area (Å²) < 4.78 is 25.1. The molecule has 86 valence electrons. The summed E-state index contributed by atoms with van der Waals surface area (Å²) in [5, 5.41) is 0. The van der Waals surface area contributed by atoms with Gasteiger partial charge in [-0.25, -0.2) is 13.1 Å². The molecule has 3 N–H and O–H groups in total. The first kappa shape index (κ1) is 14.2. The van der Waals surface area contributed by atoms with E-state index in [9.17, 15) is 8.42 Å². The molecule has 0 amide bonds. The van der Waals surface area contributed by atoms with Crippen LogP contribution in [0.25, 0.3) is 0 Å². The fraction of sp³-hybridized carbons (Fsp3) is 1.00. The van der Waals surface area contributed by atoms with Crippen LogP contribution >= 0.6 is 11.6 Å². The molecule has 14 heavy (non-hydrogen) atoms. The first-order valence-electron chi connectivity index (χ1n) is 4.86. The Morgan fingerprint density at radius 2 is 1.86 bits per heavy atom. The van der Waals surface area contributed by atoms with E-state index in [2.05, 4.69) is 4.72 Å². The summed E-state index contributed by atoms with van der Waals surface area (Å²) in [6, 6.07) is 0. The molecule has 0 rings (SSSR count). The summed E-state index contributed by atoms with van der Waals surface area (Å²) in [4.78, 5) is 0. The van der Waals surface area contributed by atoms with Crippen molar-refractivity contribution in [3.8, 4) is 0 Å². The van der Waals surface area contributed by atoms with E-state index in [0.717, 1.165) is 19.3 Å². The van der Waals surface area contributed by atoms with Gasteiger partial charge in [0, 0.05) is 12.4 Å². The molecule has 0 saturated carbocycles. The van der Waals surface area contributed by atoms with Crippen molar-refractivity contribution in [1.29, 1.82) is 0 Å². The third kappa shape index (κ3) is 8.74. The zero-order valence-corrected chi connectivity index (χ0v) is 9.91. The number of nitrogens with one attached hydrogen (secondary N) is 1. The summed E-state index contributed by atoms with van der Waals surface area (Å²) in [7, 11) is -3.08. The molecular formula is C8H19ClN2O2S. The van der Waals surface area contributed by atoms with Crippen LogP contribution < -0.4 is 10.5 Å². The summed E-state index contributed by atoms with van der Waals surface area (Å²) in [6.07, 6.45) is 3.01. The maximum absolute atomic E-state index is 11.3. The van der Waals surface area contributed by atoms with E-state index in [1.807, 2.05) is 0 Å². The highest BCUT2D eigenvalue weighted by Crippen LogP contribution is 1.96. The quantitative estimate of drug-likeness (QED) is 0.461. The first-order valence-corrected chi connectivity index (χ1v) is 7.04. The molecule has 0 aliphatic carbocycles. The van der Waals surface area contributed by atoms with Gasteiger partial charge in [-0.1, -0.05) is 0 Å². The normalized spacial score (nSPS) is 11.9. The fourth-order valence-electron chi connectivity index (χ4n) is 0.956. The molecule has 0 fully saturated rings. The minimum Gasteiger partial charge on any atom is -0.330 e. The molecule has 0 spiro atoms. The highest BCUT2D eigenvalue weighted by atomic mass is 35.5. The van der Waals surface area contributed by atoms with Gasteiger partial charge in [-0.05, 0) is 32.2 Å². The van der Waals surface area contributed by atoms with Gasteiger partial charge in [0.15, 0.2) is 0 Å². The molecule has 0 aliphatic heterocycles. The Balaban J connectivity index is 3.52. The van der Waals surface area contributed by atoms with Crippen LogP contribution in [0.15, 0.2) is 0 Å². The zero-order valence-electron chi connectivity index (χ0n) is 8.34. The van der Waals surface area contributed by atoms with Gasteiger partial charge in [0.25, 0.3) is 0 Å². The Hall–Kier alpha value is 0.160. The maximum Gasteiger partial charge on any atom is 0.211 e. The third-order valence-electron chi connectivity index (χ3n) is 1.75. The lowest BCUT2D eigenvalue weighted by atomic mass is 10.3. The van der Waals surface area contributed by atoms with Crippen molar-refractivity contribution in [2.75, 3.05) is 24.7 Å². The molecule has 0 radical (unpaired) electrons. The lowest BCUT2D eigenvalue weighted by molar-refractivity contribution is 0.574. The van der Waals surface area contributed by atoms with Gasteiger partial charge in [-0.3, -0.25) is 0 Å². The van der Waals surface area contributed by atoms with Crippen molar-refractivity contribution in [1.82, 2.24) is 4.72 Å². The van der Waals surface area contributed by atoms with Crippen LogP contribution in [0.4, 0.5) is 0 Å². The third-order valence-corrected chi connectivity index (χ3v) is 3.49. The highest BCUT2D eigenvalue weighted by molar-refractivity contribution is 7.89. The fourth-order valence-corrected chi connectivity index (χ4v) is 2.33. The van der Waals surface area contributed by atoms with Gasteiger partial charge >= 0.3 is 0 Å². The van der Waals surface area contributed by atoms with Crippen LogP contribution in [0.2, 0.25) is 0 Å². The number of hydrogen-bond donors (Lipinski definition) is 2. The number of halogens is 1. The van der Waals surface area contributed by atoms with E-state index in [0.29, 0.717) is 25.4 Å². The smallest absolute Gasteiger partial charge is 0.211 e. The molecule has 0 heterocycles. The Labute approximate surface area is 91.2 Å². The van der Waals surface area contributed by atoms with Crippen LogP contribution in [0.5, 0.6) is 0 Å². The first-order chi connectivity index (χ1) is 6.62. The number of nitrogens with two attached hydrogens (primary N) is 1. The van der Waals surface area contributed by atoms with Crippen LogP contribution in [-0.2, 0) is 10.0 Å². The van der Waals surface area contributed by atoms with E-state index in [1.54, 1.807) is 0 Å². The molecule has 4 nitrogen and oxygen atoms in total. The van der Waals surface area contributed by atoms with Crippen LogP contribution in [0.3, 0.4) is 0 Å². The van der Waals surface area contributed by atoms with E-state index in [-0.39, 0.29) is 5.75 Å². The van der Waals surface area contributed by atoms with Crippen molar-refractivity contribution in [2.45, 2.75) is 25.7 Å². The minimum atomic E-state index is -3.08. The maximum atomic E-state index is 11.3. The molecule has 0 aromatic carbocycles. The lowest BCUT2D eigenvalue weighted by Gasteiger charge is -2.05. The Morgan fingerprint density at radius 3 is 2.43 bits per heavy atom. The molecule has 0 unspecified atom stereocenters. The summed E-state index contributed by atoms with van der Waals surface area (Å²) in [5.74, 6) is 0.686. The average molecular weight is 243 g/mol. The Kier molecular flexibility index (Phi) is 8.56. The predicted octanol–water partition coefficient (Wildman–Crippen LogP) is 0.664. The van der Waals surface area contributed by atoms with Crippen molar-refractivity contribution in [3.63, 3.8) is 0 Å². The SMILES string of the molecule is NCCCCNS(=O)(=O)CCCCCl. The standard InChI is InChI=1S/C8H19ClN2O2S/c9-5-1-4-8-14(12,13)11-7-3-2-6-10/h11H,1-8,10H2. The number of hydrogen-bond acceptors (Lipinski definition) is 3. The molecule has 0 aromatic heterocycles. The van der Waals surface area contributed by atoms with Crippen LogP contribution in [0, 0.1) is 0 Å². The highest BCUT2D eigenvalue weighted by Gasteiger charge is 2.07. The minimum absolute atomic E-state index is 0.169. The van der Waals surface area contributed by atoms with Crippen LogP contribution in [-0.4, -0.2) is 33.1 Å². The van der Waals surface area contributed by atoms with Gasteiger partial charge < -0.3 is 5.73 Å². The van der Waals surface area contributed by atoms with E-state index >= 15 is 0 Å². The largest absolute Gasteiger partial charge is 0.330 e. The zero-order chi connectivity index (χ0) is 10.9. The number of unbranched alkanes of at least 4 members (excludes halogenated alkanes) is 2. The van der Waals surface area contributed by atoms with Crippen molar-refractivity contribution in [2.24, 2.45) is 5.73 Å². The number of alkyl halides is 1. The average Bonchev–Trinajstić information content (AvgIpc) is 2.13. The molecule has 0 atom stereocenters. The molecular weight excluding hydrogens is 224 g/mol. The van der Waals surface area contributed by atoms with Gasteiger partial charge in [-0.2, -0.15) is 0 Å². The number of sulfonamides is 1. The van der Waals surface area contributed by atoms with Crippen molar-refractivity contribution < 1.29 is 8.42 Å². The van der Waals surface area contributed by atoms with Gasteiger partial charge in [0.1, 0.15) is 0 Å². The lowest BCUT2D eigenvalue weighted by Crippen LogP contribution is -2.27. The van der Waals surface area contributed by atoms with E-state index in [4.69, 9.17) is 17.3 Å². The monoisotopic (exact) mass is 242 g/mol. The Bertz CT molecular complexity index is 219. The summed E-state index contributed by atoms with van der Waals surface area (Å²) in [5.41, 5.74) is 5.28.